The molecule has 1 N–H and O–H groups in total. The monoisotopic (exact) mass is 366 g/mol. The van der Waals surface area contributed by atoms with E-state index in [9.17, 15) is 9.59 Å². The second-order valence-corrected chi connectivity index (χ2v) is 6.26. The molecule has 0 aromatic carbocycles. The van der Waals surface area contributed by atoms with E-state index in [-0.39, 0.29) is 17.2 Å². The zero-order valence-corrected chi connectivity index (χ0v) is 15.3. The van der Waals surface area contributed by atoms with E-state index in [1.165, 1.54) is 4.90 Å². The Bertz CT molecular complexity index is 944. The maximum Gasteiger partial charge on any atom is 0.265 e. The first-order valence-corrected chi connectivity index (χ1v) is 8.45. The second kappa shape index (κ2) is 7.05. The molecule has 1 saturated heterocycles. The number of carbonyl (C=O) groups excluding carboxylic acids is 2. The number of aromatic nitrogens is 2. The highest BCUT2D eigenvalue weighted by Crippen LogP contribution is 2.23. The molecule has 0 unspecified atom stereocenters. The van der Waals surface area contributed by atoms with Gasteiger partial charge in [0.25, 0.3) is 11.8 Å². The number of nitrogens with zero attached hydrogens (tertiary/aromatic N) is 3. The van der Waals surface area contributed by atoms with Crippen LogP contribution in [0.4, 0.5) is 0 Å². The lowest BCUT2D eigenvalue weighted by Crippen LogP contribution is -2.53. The van der Waals surface area contributed by atoms with E-state index < -0.39 is 11.8 Å². The average molecular weight is 366 g/mol. The van der Waals surface area contributed by atoms with E-state index in [0.717, 1.165) is 22.8 Å². The molecule has 0 bridgehead atoms. The van der Waals surface area contributed by atoms with Crippen LogP contribution in [0.25, 0.3) is 11.9 Å². The van der Waals surface area contributed by atoms with E-state index in [1.807, 2.05) is 42.7 Å². The Labute approximate surface area is 156 Å². The molecule has 0 radical (unpaired) electrons. The Hall–Kier alpha value is -3.06. The number of aryl methyl sites for hydroxylation is 1. The Kier molecular flexibility index (Phi) is 4.81. The molecule has 26 heavy (non-hydrogen) atoms. The van der Waals surface area contributed by atoms with Crippen LogP contribution >= 0.6 is 12.2 Å². The molecule has 3 heterocycles. The summed E-state index contributed by atoms with van der Waals surface area (Å²) in [7, 11) is 0. The molecule has 0 spiro atoms. The molecule has 2 aromatic rings. The van der Waals surface area contributed by atoms with Gasteiger partial charge in [0.2, 0.25) is 0 Å². The Balaban J connectivity index is 2.05. The molecule has 0 saturated carbocycles. The number of hydrogen-bond donors (Lipinski definition) is 1. The maximum absolute atomic E-state index is 12.7. The van der Waals surface area contributed by atoms with Gasteiger partial charge in [0.15, 0.2) is 5.11 Å². The van der Waals surface area contributed by atoms with Crippen LogP contribution in [0.3, 0.4) is 0 Å². The van der Waals surface area contributed by atoms with Gasteiger partial charge in [-0.1, -0.05) is 12.1 Å². The zero-order valence-electron chi connectivity index (χ0n) is 14.5. The second-order valence-electron chi connectivity index (χ2n) is 5.87. The topological polar surface area (TPSA) is 67.2 Å². The third-order valence-corrected chi connectivity index (χ3v) is 4.47. The molecule has 0 atom stereocenters. The highest BCUT2D eigenvalue weighted by Gasteiger charge is 2.32. The number of nitrogens with one attached hydrogen (secondary N) is 1. The minimum absolute atomic E-state index is 0.0433. The fraction of sp³-hybridized carbons (Fsp3) is 0.158. The van der Waals surface area contributed by atoms with Crippen molar-refractivity contribution in [1.29, 1.82) is 0 Å². The zero-order chi connectivity index (χ0) is 18.8. The van der Waals surface area contributed by atoms with Gasteiger partial charge >= 0.3 is 0 Å². The largest absolute Gasteiger partial charge is 0.303 e. The SMILES string of the molecule is C=CCN1C(=O)/C(=C/c2cc(C)n(-c3ccccn3)c2C)C(=O)NC1=S. The van der Waals surface area contributed by atoms with Gasteiger partial charge in [0.1, 0.15) is 11.4 Å². The van der Waals surface area contributed by atoms with Crippen molar-refractivity contribution in [1.82, 2.24) is 19.8 Å². The minimum atomic E-state index is -0.497. The predicted molar refractivity (Wildman–Crippen MR) is 104 cm³/mol. The van der Waals surface area contributed by atoms with Crippen LogP contribution in [-0.2, 0) is 9.59 Å². The highest BCUT2D eigenvalue weighted by atomic mass is 32.1. The molecule has 6 nitrogen and oxygen atoms in total. The number of carbonyl (C=O) groups is 2. The summed E-state index contributed by atoms with van der Waals surface area (Å²) in [5.41, 5.74) is 2.66. The van der Waals surface area contributed by atoms with Crippen LogP contribution in [0.15, 0.2) is 48.7 Å². The van der Waals surface area contributed by atoms with Gasteiger partial charge < -0.3 is 4.57 Å². The summed E-state index contributed by atoms with van der Waals surface area (Å²) in [5, 5.41) is 2.64. The molecule has 2 aromatic heterocycles. The number of hydrogen-bond acceptors (Lipinski definition) is 4. The van der Waals surface area contributed by atoms with Crippen LogP contribution < -0.4 is 5.32 Å². The number of amides is 2. The summed E-state index contributed by atoms with van der Waals surface area (Å²) in [4.78, 5) is 30.6. The van der Waals surface area contributed by atoms with Crippen molar-refractivity contribution in [2.75, 3.05) is 6.54 Å². The first kappa shape index (κ1) is 17.8. The van der Waals surface area contributed by atoms with E-state index in [0.29, 0.717) is 0 Å². The number of pyridine rings is 1. The molecular formula is C19H18N4O2S. The normalized spacial score (nSPS) is 16.2. The van der Waals surface area contributed by atoms with Crippen LogP contribution in [0.2, 0.25) is 0 Å². The van der Waals surface area contributed by atoms with Crippen molar-refractivity contribution in [3.05, 3.63) is 65.6 Å². The third kappa shape index (κ3) is 3.09. The van der Waals surface area contributed by atoms with Crippen molar-refractivity contribution < 1.29 is 9.59 Å². The van der Waals surface area contributed by atoms with Crippen molar-refractivity contribution in [3.8, 4) is 5.82 Å². The standard InChI is InChI=1S/C19H18N4O2S/c1-4-9-22-18(25)15(17(24)21-19(22)26)11-14-10-12(2)23(13(14)3)16-7-5-6-8-20-16/h4-8,10-11H,1,9H2,2-3H3,(H,21,24,26)/b15-11+. The number of thiocarbonyl (C=S) groups is 1. The fourth-order valence-corrected chi connectivity index (χ4v) is 3.17. The van der Waals surface area contributed by atoms with E-state index in [2.05, 4.69) is 16.9 Å². The molecule has 1 aliphatic rings. The first-order chi connectivity index (χ1) is 12.4. The molecule has 1 aliphatic heterocycles. The van der Waals surface area contributed by atoms with Crippen molar-refractivity contribution in [2.24, 2.45) is 0 Å². The summed E-state index contributed by atoms with van der Waals surface area (Å²) in [5.74, 6) is -0.148. The highest BCUT2D eigenvalue weighted by molar-refractivity contribution is 7.80. The molecule has 1 fully saturated rings. The number of rotatable bonds is 4. The van der Waals surface area contributed by atoms with Gasteiger partial charge in [0.05, 0.1) is 0 Å². The van der Waals surface area contributed by atoms with Gasteiger partial charge in [-0.15, -0.1) is 6.58 Å². The maximum atomic E-state index is 12.7. The molecule has 3 rings (SSSR count). The lowest BCUT2D eigenvalue weighted by Gasteiger charge is -2.27. The summed E-state index contributed by atoms with van der Waals surface area (Å²) >= 11 is 5.06. The van der Waals surface area contributed by atoms with Gasteiger partial charge in [-0.2, -0.15) is 0 Å². The van der Waals surface area contributed by atoms with Gasteiger partial charge in [-0.3, -0.25) is 19.8 Å². The summed E-state index contributed by atoms with van der Waals surface area (Å²) in [6.07, 6.45) is 4.88. The van der Waals surface area contributed by atoms with Crippen molar-refractivity contribution in [2.45, 2.75) is 13.8 Å². The lowest BCUT2D eigenvalue weighted by molar-refractivity contribution is -0.128. The summed E-state index contributed by atoms with van der Waals surface area (Å²) in [6, 6.07) is 7.58. The van der Waals surface area contributed by atoms with Crippen LogP contribution in [0.5, 0.6) is 0 Å². The summed E-state index contributed by atoms with van der Waals surface area (Å²) in [6.45, 7) is 7.73. The van der Waals surface area contributed by atoms with E-state index in [1.54, 1.807) is 18.3 Å². The molecule has 2 amide bonds. The van der Waals surface area contributed by atoms with Gasteiger partial charge in [0, 0.05) is 24.1 Å². The van der Waals surface area contributed by atoms with Crippen LogP contribution in [0.1, 0.15) is 17.0 Å². The van der Waals surface area contributed by atoms with Crippen LogP contribution in [0, 0.1) is 13.8 Å². The quantitative estimate of drug-likeness (QED) is 0.390. The van der Waals surface area contributed by atoms with Gasteiger partial charge in [-0.05, 0) is 55.9 Å². The molecule has 132 valence electrons. The van der Waals surface area contributed by atoms with E-state index >= 15 is 0 Å². The first-order valence-electron chi connectivity index (χ1n) is 8.04. The molecule has 7 heteroatoms. The average Bonchev–Trinajstić information content (AvgIpc) is 2.89. The Morgan fingerprint density at radius 2 is 2.08 bits per heavy atom. The Morgan fingerprint density at radius 1 is 1.31 bits per heavy atom. The van der Waals surface area contributed by atoms with Crippen molar-refractivity contribution in [3.63, 3.8) is 0 Å². The molecule has 0 aliphatic carbocycles. The smallest absolute Gasteiger partial charge is 0.265 e. The minimum Gasteiger partial charge on any atom is -0.303 e. The van der Waals surface area contributed by atoms with E-state index in [4.69, 9.17) is 12.2 Å². The molecular weight excluding hydrogens is 348 g/mol. The predicted octanol–water partition coefficient (Wildman–Crippen LogP) is 2.30. The van der Waals surface area contributed by atoms with Gasteiger partial charge in [-0.25, -0.2) is 4.98 Å². The fourth-order valence-electron chi connectivity index (χ4n) is 2.92. The summed E-state index contributed by atoms with van der Waals surface area (Å²) < 4.78 is 1.98. The van der Waals surface area contributed by atoms with Crippen LogP contribution in [-0.4, -0.2) is 37.9 Å². The third-order valence-electron chi connectivity index (χ3n) is 4.15. The Morgan fingerprint density at radius 3 is 2.73 bits per heavy atom. The van der Waals surface area contributed by atoms with Crippen molar-refractivity contribution >= 4 is 35.2 Å². The lowest BCUT2D eigenvalue weighted by atomic mass is 10.1.